The zero-order valence-corrected chi connectivity index (χ0v) is 9.47. The molecule has 0 aliphatic heterocycles. The van der Waals surface area contributed by atoms with Crippen LogP contribution >= 0.6 is 0 Å². The highest BCUT2D eigenvalue weighted by molar-refractivity contribution is 5.02. The van der Waals surface area contributed by atoms with Crippen LogP contribution in [0.1, 0.15) is 25.1 Å². The molecule has 2 rings (SSSR count). The summed E-state index contributed by atoms with van der Waals surface area (Å²) < 4.78 is 7.40. The first kappa shape index (κ1) is 11.0. The molecule has 16 heavy (non-hydrogen) atoms. The second kappa shape index (κ2) is 5.51. The molecule has 1 N–H and O–H groups in total. The van der Waals surface area contributed by atoms with E-state index in [0.717, 1.165) is 25.3 Å². The molecule has 0 aliphatic carbocycles. The maximum atomic E-state index is 5.32. The van der Waals surface area contributed by atoms with Crippen LogP contribution in [0, 0.1) is 0 Å². The van der Waals surface area contributed by atoms with Crippen LogP contribution in [0.5, 0.6) is 0 Å². The summed E-state index contributed by atoms with van der Waals surface area (Å²) in [5.41, 5.74) is 0. The van der Waals surface area contributed by atoms with E-state index < -0.39 is 0 Å². The highest BCUT2D eigenvalue weighted by Gasteiger charge is 2.05. The second-order valence-electron chi connectivity index (χ2n) is 3.85. The van der Waals surface area contributed by atoms with Crippen molar-refractivity contribution in [1.82, 2.24) is 14.9 Å². The summed E-state index contributed by atoms with van der Waals surface area (Å²) in [6, 6.07) is 4.18. The molecule has 0 fully saturated rings. The number of aryl methyl sites for hydroxylation is 1. The molecular weight excluding hydrogens is 202 g/mol. The van der Waals surface area contributed by atoms with E-state index in [1.807, 2.05) is 24.7 Å². The second-order valence-corrected chi connectivity index (χ2v) is 3.85. The summed E-state index contributed by atoms with van der Waals surface area (Å²) in [6.07, 6.45) is 8.42. The van der Waals surface area contributed by atoms with Crippen molar-refractivity contribution < 1.29 is 4.42 Å². The Balaban J connectivity index is 1.65. The molecule has 2 aromatic heterocycles. The van der Waals surface area contributed by atoms with E-state index in [1.165, 1.54) is 0 Å². The average molecular weight is 219 g/mol. The predicted molar refractivity (Wildman–Crippen MR) is 62.0 cm³/mol. The standard InChI is InChI=1S/C12H17N3O/c1-11(12-4-2-9-16-12)14-5-3-7-15-8-6-13-10-15/h2,4,6,8-11,14H,3,5,7H2,1H3/t11-/m1/s1. The highest BCUT2D eigenvalue weighted by atomic mass is 16.3. The Morgan fingerprint density at radius 1 is 1.56 bits per heavy atom. The quantitative estimate of drug-likeness (QED) is 0.757. The topological polar surface area (TPSA) is 43.0 Å². The fourth-order valence-electron chi connectivity index (χ4n) is 1.64. The first-order valence-corrected chi connectivity index (χ1v) is 5.59. The molecule has 0 saturated carbocycles. The SMILES string of the molecule is C[C@@H](NCCCn1ccnc1)c1ccco1. The third-order valence-corrected chi connectivity index (χ3v) is 2.57. The Kier molecular flexibility index (Phi) is 3.77. The largest absolute Gasteiger partial charge is 0.468 e. The lowest BCUT2D eigenvalue weighted by molar-refractivity contribution is 0.424. The molecular formula is C12H17N3O. The van der Waals surface area contributed by atoms with Gasteiger partial charge in [0.15, 0.2) is 0 Å². The Morgan fingerprint density at radius 3 is 3.19 bits per heavy atom. The van der Waals surface area contributed by atoms with Crippen LogP contribution in [0.3, 0.4) is 0 Å². The average Bonchev–Trinajstić information content (AvgIpc) is 2.96. The van der Waals surface area contributed by atoms with Gasteiger partial charge in [-0.1, -0.05) is 0 Å². The van der Waals surface area contributed by atoms with Crippen LogP contribution in [0.25, 0.3) is 0 Å². The lowest BCUT2D eigenvalue weighted by Gasteiger charge is -2.11. The van der Waals surface area contributed by atoms with Gasteiger partial charge in [-0.3, -0.25) is 0 Å². The smallest absolute Gasteiger partial charge is 0.120 e. The van der Waals surface area contributed by atoms with Gasteiger partial charge in [-0.15, -0.1) is 0 Å². The number of nitrogens with zero attached hydrogens (tertiary/aromatic N) is 2. The third kappa shape index (κ3) is 2.97. The van der Waals surface area contributed by atoms with Crippen molar-refractivity contribution in [2.75, 3.05) is 6.54 Å². The zero-order chi connectivity index (χ0) is 11.2. The summed E-state index contributed by atoms with van der Waals surface area (Å²) in [4.78, 5) is 4.00. The van der Waals surface area contributed by atoms with E-state index in [1.54, 1.807) is 12.5 Å². The van der Waals surface area contributed by atoms with Gasteiger partial charge in [-0.05, 0) is 32.0 Å². The van der Waals surface area contributed by atoms with Crippen molar-refractivity contribution in [3.05, 3.63) is 42.9 Å². The summed E-state index contributed by atoms with van der Waals surface area (Å²) in [6.45, 7) is 4.08. The Labute approximate surface area is 95.3 Å². The van der Waals surface area contributed by atoms with Gasteiger partial charge in [-0.2, -0.15) is 0 Å². The van der Waals surface area contributed by atoms with Crippen molar-refractivity contribution in [3.8, 4) is 0 Å². The van der Waals surface area contributed by atoms with Crippen molar-refractivity contribution in [1.29, 1.82) is 0 Å². The van der Waals surface area contributed by atoms with Crippen molar-refractivity contribution >= 4 is 0 Å². The van der Waals surface area contributed by atoms with Crippen LogP contribution in [-0.2, 0) is 6.54 Å². The van der Waals surface area contributed by atoms with Crippen LogP contribution in [0.15, 0.2) is 41.5 Å². The minimum absolute atomic E-state index is 0.276. The number of rotatable bonds is 6. The number of aromatic nitrogens is 2. The number of furan rings is 1. The van der Waals surface area contributed by atoms with Crippen molar-refractivity contribution in [2.45, 2.75) is 25.9 Å². The van der Waals surface area contributed by atoms with Crippen LogP contribution in [-0.4, -0.2) is 16.1 Å². The number of hydrogen-bond donors (Lipinski definition) is 1. The molecule has 0 spiro atoms. The molecule has 0 unspecified atom stereocenters. The van der Waals surface area contributed by atoms with Gasteiger partial charge in [0.2, 0.25) is 0 Å². The predicted octanol–water partition coefficient (Wildman–Crippen LogP) is 2.22. The molecule has 2 heterocycles. The minimum Gasteiger partial charge on any atom is -0.468 e. The molecule has 0 radical (unpaired) electrons. The molecule has 0 aliphatic rings. The van der Waals surface area contributed by atoms with Crippen LogP contribution < -0.4 is 5.32 Å². The molecule has 1 atom stereocenters. The molecule has 0 aromatic carbocycles. The van der Waals surface area contributed by atoms with Gasteiger partial charge in [0.05, 0.1) is 18.6 Å². The summed E-state index contributed by atoms with van der Waals surface area (Å²) >= 11 is 0. The van der Waals surface area contributed by atoms with Gasteiger partial charge < -0.3 is 14.3 Å². The highest BCUT2D eigenvalue weighted by Crippen LogP contribution is 2.11. The molecule has 2 aromatic rings. The van der Waals surface area contributed by atoms with Gasteiger partial charge in [0.1, 0.15) is 5.76 Å². The molecule has 0 bridgehead atoms. The summed E-state index contributed by atoms with van der Waals surface area (Å²) in [5.74, 6) is 0.989. The Morgan fingerprint density at radius 2 is 2.50 bits per heavy atom. The first-order valence-electron chi connectivity index (χ1n) is 5.59. The maximum absolute atomic E-state index is 5.32. The van der Waals surface area contributed by atoms with Crippen LogP contribution in [0.2, 0.25) is 0 Å². The molecule has 86 valence electrons. The third-order valence-electron chi connectivity index (χ3n) is 2.57. The van der Waals surface area contributed by atoms with Gasteiger partial charge in [0.25, 0.3) is 0 Å². The number of nitrogens with one attached hydrogen (secondary N) is 1. The lowest BCUT2D eigenvalue weighted by atomic mass is 10.2. The van der Waals surface area contributed by atoms with E-state index in [9.17, 15) is 0 Å². The molecule has 4 heteroatoms. The number of imidazole rings is 1. The fourth-order valence-corrected chi connectivity index (χ4v) is 1.64. The van der Waals surface area contributed by atoms with Gasteiger partial charge >= 0.3 is 0 Å². The van der Waals surface area contributed by atoms with Crippen LogP contribution in [0.4, 0.5) is 0 Å². The normalized spacial score (nSPS) is 12.8. The van der Waals surface area contributed by atoms with Crippen molar-refractivity contribution in [3.63, 3.8) is 0 Å². The maximum Gasteiger partial charge on any atom is 0.120 e. The minimum atomic E-state index is 0.276. The Bertz CT molecular complexity index is 380. The summed E-state index contributed by atoms with van der Waals surface area (Å²) in [5, 5.41) is 3.42. The van der Waals surface area contributed by atoms with E-state index in [4.69, 9.17) is 4.42 Å². The van der Waals surface area contributed by atoms with E-state index >= 15 is 0 Å². The van der Waals surface area contributed by atoms with E-state index in [-0.39, 0.29) is 6.04 Å². The molecule has 0 saturated heterocycles. The molecule has 0 amide bonds. The first-order chi connectivity index (χ1) is 7.86. The van der Waals surface area contributed by atoms with E-state index in [2.05, 4.69) is 21.8 Å². The summed E-state index contributed by atoms with van der Waals surface area (Å²) in [7, 11) is 0. The monoisotopic (exact) mass is 219 g/mol. The van der Waals surface area contributed by atoms with Gasteiger partial charge in [-0.25, -0.2) is 4.98 Å². The Hall–Kier alpha value is -1.55. The van der Waals surface area contributed by atoms with Crippen molar-refractivity contribution in [2.24, 2.45) is 0 Å². The number of hydrogen-bond acceptors (Lipinski definition) is 3. The molecule has 4 nitrogen and oxygen atoms in total. The lowest BCUT2D eigenvalue weighted by Crippen LogP contribution is -2.20. The van der Waals surface area contributed by atoms with E-state index in [0.29, 0.717) is 0 Å². The fraction of sp³-hybridized carbons (Fsp3) is 0.417. The zero-order valence-electron chi connectivity index (χ0n) is 9.47. The van der Waals surface area contributed by atoms with Gasteiger partial charge in [0, 0.05) is 18.9 Å².